The van der Waals surface area contributed by atoms with Gasteiger partial charge in [-0.1, -0.05) is 0 Å². The lowest BCUT2D eigenvalue weighted by atomic mass is 9.88. The quantitative estimate of drug-likeness (QED) is 0.900. The number of nitrogens with zero attached hydrogens (tertiary/aromatic N) is 2. The molecule has 3 unspecified atom stereocenters. The third kappa shape index (κ3) is 2.05. The van der Waals surface area contributed by atoms with Crippen LogP contribution in [0.3, 0.4) is 0 Å². The second kappa shape index (κ2) is 4.85. The first-order chi connectivity index (χ1) is 9.07. The van der Waals surface area contributed by atoms with Crippen LogP contribution in [0.5, 0.6) is 0 Å². The molecule has 1 fully saturated rings. The molecule has 0 spiro atoms. The molecule has 1 aromatic heterocycles. The third-order valence-electron chi connectivity index (χ3n) is 5.24. The van der Waals surface area contributed by atoms with Gasteiger partial charge in [-0.3, -0.25) is 4.90 Å². The Kier molecular flexibility index (Phi) is 3.46. The van der Waals surface area contributed by atoms with E-state index in [1.54, 1.807) is 4.88 Å². The summed E-state index contributed by atoms with van der Waals surface area (Å²) in [6.45, 7) is 7.71. The van der Waals surface area contributed by atoms with Crippen LogP contribution in [0, 0.1) is 0 Å². The van der Waals surface area contributed by atoms with Gasteiger partial charge in [-0.05, 0) is 50.7 Å². The number of rotatable bonds is 2. The number of fused-ring (bicyclic) bond motifs is 1. The zero-order valence-electron chi connectivity index (χ0n) is 12.2. The van der Waals surface area contributed by atoms with Crippen LogP contribution < -0.4 is 5.73 Å². The number of nitrogens with two attached hydrogens (primary N) is 1. The standard InChI is InChI=1S/C15H25N3S/c1-11-8-15(9-16,10-17(11)3)18-6-4-14-13(12(18)2)5-7-19-14/h5,7,11-12H,4,6,8-10,16H2,1-3H3. The highest BCUT2D eigenvalue weighted by Gasteiger charge is 2.47. The first-order valence-electron chi connectivity index (χ1n) is 7.31. The molecule has 0 aliphatic carbocycles. The van der Waals surface area contributed by atoms with Gasteiger partial charge in [0.05, 0.1) is 0 Å². The van der Waals surface area contributed by atoms with Gasteiger partial charge in [0, 0.05) is 42.1 Å². The van der Waals surface area contributed by atoms with Crippen molar-refractivity contribution in [3.05, 3.63) is 21.9 Å². The van der Waals surface area contributed by atoms with E-state index in [1.165, 1.54) is 18.4 Å². The summed E-state index contributed by atoms with van der Waals surface area (Å²) in [7, 11) is 2.23. The van der Waals surface area contributed by atoms with Crippen molar-refractivity contribution < 1.29 is 0 Å². The molecule has 1 saturated heterocycles. The molecule has 0 radical (unpaired) electrons. The molecule has 2 aliphatic heterocycles. The minimum absolute atomic E-state index is 0.174. The molecule has 0 aromatic carbocycles. The van der Waals surface area contributed by atoms with E-state index in [9.17, 15) is 0 Å². The van der Waals surface area contributed by atoms with Crippen LogP contribution in [-0.2, 0) is 6.42 Å². The monoisotopic (exact) mass is 279 g/mol. The summed E-state index contributed by atoms with van der Waals surface area (Å²) in [4.78, 5) is 6.72. The molecule has 2 N–H and O–H groups in total. The van der Waals surface area contributed by atoms with Crippen LogP contribution in [0.25, 0.3) is 0 Å². The van der Waals surface area contributed by atoms with Crippen LogP contribution >= 0.6 is 11.3 Å². The largest absolute Gasteiger partial charge is 0.329 e. The molecule has 1 aromatic rings. The summed E-state index contributed by atoms with van der Waals surface area (Å²) in [6, 6.07) is 3.46. The SMILES string of the molecule is CC1CC(CN)(N2CCc3sccc3C2C)CN1C. The van der Waals surface area contributed by atoms with Crippen LogP contribution in [0.1, 0.15) is 36.8 Å². The molecular formula is C15H25N3S. The minimum Gasteiger partial charge on any atom is -0.329 e. The van der Waals surface area contributed by atoms with Crippen molar-refractivity contribution in [2.45, 2.75) is 44.3 Å². The van der Waals surface area contributed by atoms with Crippen LogP contribution in [0.4, 0.5) is 0 Å². The molecule has 0 saturated carbocycles. The van der Waals surface area contributed by atoms with E-state index in [-0.39, 0.29) is 5.54 Å². The highest BCUT2D eigenvalue weighted by atomic mass is 32.1. The summed E-state index contributed by atoms with van der Waals surface area (Å²) in [5, 5.41) is 2.24. The van der Waals surface area contributed by atoms with Crippen molar-refractivity contribution >= 4 is 11.3 Å². The maximum absolute atomic E-state index is 6.22. The van der Waals surface area contributed by atoms with Gasteiger partial charge in [-0.15, -0.1) is 11.3 Å². The summed E-state index contributed by atoms with van der Waals surface area (Å²) >= 11 is 1.91. The fraction of sp³-hybridized carbons (Fsp3) is 0.733. The van der Waals surface area contributed by atoms with Gasteiger partial charge in [0.2, 0.25) is 0 Å². The highest BCUT2D eigenvalue weighted by Crippen LogP contribution is 2.41. The van der Waals surface area contributed by atoms with Crippen molar-refractivity contribution in [2.24, 2.45) is 5.73 Å². The minimum atomic E-state index is 0.174. The third-order valence-corrected chi connectivity index (χ3v) is 6.23. The Balaban J connectivity index is 1.90. The lowest BCUT2D eigenvalue weighted by Crippen LogP contribution is -2.57. The predicted molar refractivity (Wildman–Crippen MR) is 81.6 cm³/mol. The topological polar surface area (TPSA) is 32.5 Å². The van der Waals surface area contributed by atoms with Gasteiger partial charge in [0.1, 0.15) is 0 Å². The number of likely N-dealkylation sites (N-methyl/N-ethyl adjacent to an activating group) is 1. The lowest BCUT2D eigenvalue weighted by molar-refractivity contribution is 0.0550. The average Bonchev–Trinajstić information content (AvgIpc) is 2.97. The first-order valence-corrected chi connectivity index (χ1v) is 8.19. The first kappa shape index (κ1) is 13.6. The smallest absolute Gasteiger partial charge is 0.0479 e. The zero-order chi connectivity index (χ0) is 13.6. The second-order valence-corrected chi connectivity index (χ2v) is 7.32. The molecule has 3 heterocycles. The van der Waals surface area contributed by atoms with Crippen molar-refractivity contribution in [2.75, 3.05) is 26.7 Å². The van der Waals surface area contributed by atoms with Crippen LogP contribution in [-0.4, -0.2) is 48.1 Å². The second-order valence-electron chi connectivity index (χ2n) is 6.32. The Morgan fingerprint density at radius 3 is 2.89 bits per heavy atom. The summed E-state index contributed by atoms with van der Waals surface area (Å²) < 4.78 is 0. The van der Waals surface area contributed by atoms with E-state index in [1.807, 2.05) is 11.3 Å². The van der Waals surface area contributed by atoms with Crippen LogP contribution in [0.15, 0.2) is 11.4 Å². The van der Waals surface area contributed by atoms with Gasteiger partial charge < -0.3 is 10.6 Å². The lowest BCUT2D eigenvalue weighted by Gasteiger charge is -2.46. The normalized spacial score (nSPS) is 36.6. The van der Waals surface area contributed by atoms with E-state index in [2.05, 4.69) is 42.1 Å². The molecular weight excluding hydrogens is 254 g/mol. The van der Waals surface area contributed by atoms with E-state index >= 15 is 0 Å². The molecule has 0 bridgehead atoms. The fourth-order valence-corrected chi connectivity index (χ4v) is 4.98. The van der Waals surface area contributed by atoms with Crippen molar-refractivity contribution in [1.82, 2.24) is 9.80 Å². The fourth-order valence-electron chi connectivity index (χ4n) is 4.02. The Bertz CT molecular complexity index is 446. The molecule has 3 atom stereocenters. The highest BCUT2D eigenvalue weighted by molar-refractivity contribution is 7.10. The Morgan fingerprint density at radius 1 is 1.47 bits per heavy atom. The Hall–Kier alpha value is -0.420. The molecule has 3 nitrogen and oxygen atoms in total. The number of likely N-dealkylation sites (tertiary alicyclic amines) is 1. The number of hydrogen-bond donors (Lipinski definition) is 1. The zero-order valence-corrected chi connectivity index (χ0v) is 13.0. The summed E-state index contributed by atoms with van der Waals surface area (Å²) in [5.41, 5.74) is 7.92. The van der Waals surface area contributed by atoms with Gasteiger partial charge in [0.25, 0.3) is 0 Å². The molecule has 2 aliphatic rings. The van der Waals surface area contributed by atoms with Gasteiger partial charge >= 0.3 is 0 Å². The van der Waals surface area contributed by atoms with E-state index in [0.29, 0.717) is 12.1 Å². The Morgan fingerprint density at radius 2 is 2.26 bits per heavy atom. The molecule has 106 valence electrons. The maximum atomic E-state index is 6.22. The molecule has 4 heteroatoms. The van der Waals surface area contributed by atoms with Crippen molar-refractivity contribution in [3.63, 3.8) is 0 Å². The van der Waals surface area contributed by atoms with Crippen molar-refractivity contribution in [1.29, 1.82) is 0 Å². The van der Waals surface area contributed by atoms with Gasteiger partial charge in [-0.2, -0.15) is 0 Å². The van der Waals surface area contributed by atoms with E-state index in [4.69, 9.17) is 5.73 Å². The maximum Gasteiger partial charge on any atom is 0.0479 e. The molecule has 0 amide bonds. The number of thiophene rings is 1. The van der Waals surface area contributed by atoms with Crippen molar-refractivity contribution in [3.8, 4) is 0 Å². The molecule has 19 heavy (non-hydrogen) atoms. The van der Waals surface area contributed by atoms with Gasteiger partial charge in [-0.25, -0.2) is 0 Å². The summed E-state index contributed by atoms with van der Waals surface area (Å²) in [6.07, 6.45) is 2.39. The van der Waals surface area contributed by atoms with Gasteiger partial charge in [0.15, 0.2) is 0 Å². The Labute approximate surface area is 120 Å². The average molecular weight is 279 g/mol. The molecule has 3 rings (SSSR count). The predicted octanol–water partition coefficient (Wildman–Crippen LogP) is 2.09. The van der Waals surface area contributed by atoms with E-state index < -0.39 is 0 Å². The van der Waals surface area contributed by atoms with E-state index in [0.717, 1.165) is 19.6 Å². The van der Waals surface area contributed by atoms with Crippen LogP contribution in [0.2, 0.25) is 0 Å². The number of hydrogen-bond acceptors (Lipinski definition) is 4. The summed E-state index contributed by atoms with van der Waals surface area (Å²) in [5.74, 6) is 0.